The average Bonchev–Trinajstić information content (AvgIpc) is 3.91. The minimum atomic E-state index is -3.80. The first-order valence-electron chi connectivity index (χ1n) is 18.5. The van der Waals surface area contributed by atoms with Gasteiger partial charge in [0.2, 0.25) is 0 Å². The molecule has 1 aliphatic heterocycles. The van der Waals surface area contributed by atoms with Crippen LogP contribution in [0, 0.1) is 0 Å². The lowest BCUT2D eigenvalue weighted by Crippen LogP contribution is -2.26. The van der Waals surface area contributed by atoms with Gasteiger partial charge in [0.25, 0.3) is 0 Å². The summed E-state index contributed by atoms with van der Waals surface area (Å²) < 4.78 is 23.6. The Morgan fingerprint density at radius 3 is 1.37 bits per heavy atom. The third kappa shape index (κ3) is 3.57. The lowest BCUT2D eigenvalue weighted by Gasteiger charge is -2.35. The van der Waals surface area contributed by atoms with Gasteiger partial charge in [-0.15, -0.1) is 0 Å². The first-order chi connectivity index (χ1) is 26.7. The number of anilines is 4. The second kappa shape index (κ2) is 10.7. The van der Waals surface area contributed by atoms with E-state index in [1.807, 2.05) is 48.5 Å². The quantitative estimate of drug-likeness (QED) is 0.171. The average molecular weight is 710 g/mol. The molecule has 0 atom stereocenters. The highest BCUT2D eigenvalue weighted by atomic mass is 31.2. The Hall–Kier alpha value is -6.61. The van der Waals surface area contributed by atoms with Crippen molar-refractivity contribution >= 4 is 52.1 Å². The molecule has 1 spiro atoms. The number of nitrogens with zero attached hydrogens (tertiary/aromatic N) is 3. The van der Waals surface area contributed by atoms with Gasteiger partial charge in [-0.2, -0.15) is 0 Å². The van der Waals surface area contributed by atoms with E-state index in [0.29, 0.717) is 0 Å². The molecule has 0 unspecified atom stereocenters. The number of aromatic nitrogens is 1. The number of hydrogen-bond acceptors (Lipinski definition) is 1. The molecule has 5 heteroatoms. The van der Waals surface area contributed by atoms with Crippen molar-refractivity contribution in [3.05, 3.63) is 216 Å². The Labute approximate surface area is 313 Å². The maximum Gasteiger partial charge on any atom is 0.374 e. The molecule has 0 radical (unpaired) electrons. The van der Waals surface area contributed by atoms with Crippen molar-refractivity contribution in [3.63, 3.8) is 0 Å². The molecule has 54 heavy (non-hydrogen) atoms. The lowest BCUT2D eigenvalue weighted by atomic mass is 9.70. The molecule has 2 aliphatic carbocycles. The summed E-state index contributed by atoms with van der Waals surface area (Å²) in [6, 6.07) is 68.7. The van der Waals surface area contributed by atoms with Crippen LogP contribution in [0.2, 0.25) is 0 Å². The van der Waals surface area contributed by atoms with Gasteiger partial charge in [0.1, 0.15) is 0 Å². The summed E-state index contributed by atoms with van der Waals surface area (Å²) >= 11 is 0. The number of rotatable bonds is 3. The molecule has 0 amide bonds. The molecular formula is C49H32N3OP. The largest absolute Gasteiger partial charge is 0.374 e. The summed E-state index contributed by atoms with van der Waals surface area (Å²) in [6.45, 7) is 0. The first kappa shape index (κ1) is 29.9. The molecule has 0 saturated carbocycles. The van der Waals surface area contributed by atoms with Crippen molar-refractivity contribution in [2.45, 2.75) is 5.41 Å². The van der Waals surface area contributed by atoms with Gasteiger partial charge in [0.05, 0.1) is 39.2 Å². The summed E-state index contributed by atoms with van der Waals surface area (Å²) in [5, 5.41) is 2.16. The predicted molar refractivity (Wildman–Crippen MR) is 222 cm³/mol. The van der Waals surface area contributed by atoms with E-state index in [0.717, 1.165) is 44.6 Å². The van der Waals surface area contributed by atoms with Crippen LogP contribution in [0.25, 0.3) is 44.1 Å². The molecule has 0 fully saturated rings. The van der Waals surface area contributed by atoms with Crippen molar-refractivity contribution in [3.8, 4) is 22.3 Å². The molecule has 12 rings (SSSR count). The zero-order chi connectivity index (χ0) is 35.6. The third-order valence-corrected chi connectivity index (χ3v) is 14.8. The van der Waals surface area contributed by atoms with Crippen LogP contribution in [0.1, 0.15) is 22.3 Å². The second-order valence-electron chi connectivity index (χ2n) is 14.4. The Bertz CT molecular complexity index is 2940. The van der Waals surface area contributed by atoms with Gasteiger partial charge in [0, 0.05) is 10.8 Å². The van der Waals surface area contributed by atoms with E-state index in [1.54, 1.807) is 0 Å². The molecule has 0 N–H and O–H groups in total. The predicted octanol–water partition coefficient (Wildman–Crippen LogP) is 13.1. The maximum atomic E-state index is 17.3. The highest BCUT2D eigenvalue weighted by Gasteiger charge is 2.54. The molecule has 254 valence electrons. The van der Waals surface area contributed by atoms with Gasteiger partial charge >= 0.3 is 7.59 Å². The van der Waals surface area contributed by atoms with Gasteiger partial charge in [-0.1, -0.05) is 140 Å². The zero-order valence-electron chi connectivity index (χ0n) is 29.2. The molecule has 9 aromatic rings. The molecular weight excluding hydrogens is 678 g/mol. The van der Waals surface area contributed by atoms with E-state index in [-0.39, 0.29) is 0 Å². The summed E-state index contributed by atoms with van der Waals surface area (Å²) in [6.07, 6.45) is 0. The van der Waals surface area contributed by atoms with Crippen LogP contribution >= 0.6 is 7.59 Å². The second-order valence-corrected chi connectivity index (χ2v) is 16.7. The SMILES string of the molecule is O=P1(n2c3ccccc3c3cc4c(cc32)C2(c3ccccc3-c3ccccc32)c2ccccc2-4)N(c2ccccc2)c2ccccc2N1c1ccccc1. The Morgan fingerprint density at radius 1 is 0.370 bits per heavy atom. The molecule has 1 aromatic heterocycles. The fourth-order valence-corrected chi connectivity index (χ4v) is 13.1. The molecule has 8 aromatic carbocycles. The summed E-state index contributed by atoms with van der Waals surface area (Å²) in [7, 11) is -3.80. The van der Waals surface area contributed by atoms with E-state index in [1.165, 1.54) is 44.5 Å². The number of para-hydroxylation sites is 5. The Kier molecular flexibility index (Phi) is 5.94. The van der Waals surface area contributed by atoms with Crippen molar-refractivity contribution in [2.75, 3.05) is 9.34 Å². The van der Waals surface area contributed by atoms with Crippen LogP contribution in [0.15, 0.2) is 194 Å². The van der Waals surface area contributed by atoms with Crippen LogP contribution in [0.4, 0.5) is 22.7 Å². The maximum absolute atomic E-state index is 17.3. The normalized spacial score (nSPS) is 15.3. The fraction of sp³-hybridized carbons (Fsp3) is 0.0204. The summed E-state index contributed by atoms with van der Waals surface area (Å²) in [5.74, 6) is 0. The minimum Gasteiger partial charge on any atom is -0.257 e. The van der Waals surface area contributed by atoms with E-state index in [2.05, 4.69) is 159 Å². The molecule has 4 nitrogen and oxygen atoms in total. The topological polar surface area (TPSA) is 28.5 Å². The number of benzene rings is 8. The Morgan fingerprint density at radius 2 is 0.815 bits per heavy atom. The van der Waals surface area contributed by atoms with Crippen LogP contribution in [-0.4, -0.2) is 4.34 Å². The van der Waals surface area contributed by atoms with Gasteiger partial charge < -0.3 is 0 Å². The number of hydrogen-bond donors (Lipinski definition) is 0. The van der Waals surface area contributed by atoms with Crippen LogP contribution in [0.3, 0.4) is 0 Å². The highest BCUT2D eigenvalue weighted by Crippen LogP contribution is 2.73. The van der Waals surface area contributed by atoms with Crippen molar-refractivity contribution in [2.24, 2.45) is 0 Å². The Balaban J connectivity index is 1.25. The highest BCUT2D eigenvalue weighted by molar-refractivity contribution is 7.67. The van der Waals surface area contributed by atoms with E-state index >= 15 is 4.57 Å². The molecule has 0 saturated heterocycles. The van der Waals surface area contributed by atoms with Gasteiger partial charge in [0.15, 0.2) is 0 Å². The van der Waals surface area contributed by atoms with E-state index < -0.39 is 13.0 Å². The van der Waals surface area contributed by atoms with Gasteiger partial charge in [-0.25, -0.2) is 4.57 Å². The van der Waals surface area contributed by atoms with E-state index in [4.69, 9.17) is 0 Å². The molecule has 0 bridgehead atoms. The molecule has 3 aliphatic rings. The first-order valence-corrected chi connectivity index (χ1v) is 20.1. The van der Waals surface area contributed by atoms with E-state index in [9.17, 15) is 0 Å². The monoisotopic (exact) mass is 709 g/mol. The van der Waals surface area contributed by atoms with Crippen molar-refractivity contribution in [1.29, 1.82) is 0 Å². The lowest BCUT2D eigenvalue weighted by molar-refractivity contribution is 0.572. The smallest absolute Gasteiger partial charge is 0.257 e. The zero-order valence-corrected chi connectivity index (χ0v) is 30.1. The third-order valence-electron chi connectivity index (χ3n) is 11.9. The number of fused-ring (bicyclic) bond motifs is 14. The summed E-state index contributed by atoms with van der Waals surface area (Å²) in [4.78, 5) is 0. The van der Waals surface area contributed by atoms with Crippen LogP contribution < -0.4 is 9.34 Å². The van der Waals surface area contributed by atoms with Crippen molar-refractivity contribution < 1.29 is 4.57 Å². The summed E-state index contributed by atoms with van der Waals surface area (Å²) in [5.41, 5.74) is 15.0. The van der Waals surface area contributed by atoms with Crippen molar-refractivity contribution in [1.82, 2.24) is 4.34 Å². The fourth-order valence-electron chi connectivity index (χ4n) is 9.90. The standard InChI is InChI=1S/C49H32N3OP/c53-54(50(33-17-3-1-4-18-33)46-29-15-16-30-47(46)51(54)34-19-5-2-6-20-34)52-45-28-14-10-24-38(45)40-31-39-37-23-9-13-27-43(37)49(44(39)32-48(40)52)41-25-11-7-21-35(41)36-22-8-12-26-42(36)49/h1-32H. The molecule has 2 heterocycles. The minimum absolute atomic E-state index is 0.528. The van der Waals surface area contributed by atoms with Gasteiger partial charge in [-0.05, 0) is 99.1 Å². The van der Waals surface area contributed by atoms with Gasteiger partial charge in [-0.3, -0.25) is 13.7 Å². The van der Waals surface area contributed by atoms with Crippen LogP contribution in [0.5, 0.6) is 0 Å². The van der Waals surface area contributed by atoms with Crippen LogP contribution in [-0.2, 0) is 9.98 Å².